The number of thiophene rings is 1. The van der Waals surface area contributed by atoms with E-state index in [9.17, 15) is 36.3 Å². The van der Waals surface area contributed by atoms with Gasteiger partial charge in [-0.05, 0) is 74.2 Å². The van der Waals surface area contributed by atoms with Crippen LogP contribution < -0.4 is 16.4 Å². The van der Waals surface area contributed by atoms with Crippen LogP contribution in [-0.2, 0) is 19.6 Å². The van der Waals surface area contributed by atoms with Gasteiger partial charge in [0.15, 0.2) is 6.04 Å². The van der Waals surface area contributed by atoms with Crippen LogP contribution >= 0.6 is 11.3 Å². The molecule has 1 unspecified atom stereocenters. The zero-order chi connectivity index (χ0) is 35.9. The topological polar surface area (TPSA) is 151 Å². The van der Waals surface area contributed by atoms with Gasteiger partial charge in [-0.25, -0.2) is 13.2 Å². The van der Waals surface area contributed by atoms with Gasteiger partial charge in [-0.15, -0.1) is 11.3 Å². The molecule has 1 heterocycles. The molecule has 1 aromatic heterocycles. The Kier molecular flexibility index (Phi) is 12.3. The number of alkyl halides is 3. The van der Waals surface area contributed by atoms with Crippen molar-refractivity contribution >= 4 is 39.0 Å². The lowest BCUT2D eigenvalue weighted by molar-refractivity contribution is -0.163. The third-order valence-corrected chi connectivity index (χ3v) is 11.3. The third-order valence-electron chi connectivity index (χ3n) is 7.94. The van der Waals surface area contributed by atoms with E-state index in [4.69, 9.17) is 10.5 Å². The summed E-state index contributed by atoms with van der Waals surface area (Å²) in [5, 5.41) is 14.9. The molecule has 15 heteroatoms. The maximum atomic E-state index is 14.8. The molecule has 264 valence electrons. The minimum Gasteiger partial charge on any atom is -0.453 e. The van der Waals surface area contributed by atoms with Crippen LogP contribution in [0.3, 0.4) is 0 Å². The molecule has 1 aliphatic rings. The lowest BCUT2D eigenvalue weighted by Crippen LogP contribution is -2.52. The Balaban J connectivity index is 1.72. The molecule has 0 fully saturated rings. The molecule has 0 bridgehead atoms. The molecule has 2 amide bonds. The third kappa shape index (κ3) is 8.90. The van der Waals surface area contributed by atoms with Crippen molar-refractivity contribution in [3.05, 3.63) is 106 Å². The highest BCUT2D eigenvalue weighted by molar-refractivity contribution is 7.89. The molecule has 3 aromatic rings. The van der Waals surface area contributed by atoms with Crippen molar-refractivity contribution in [3.8, 4) is 0 Å². The van der Waals surface area contributed by atoms with Gasteiger partial charge in [-0.2, -0.15) is 17.5 Å². The van der Waals surface area contributed by atoms with E-state index in [0.29, 0.717) is 34.6 Å². The number of carbonyl (C=O) groups excluding carboxylic acids is 2. The van der Waals surface area contributed by atoms with Gasteiger partial charge in [0, 0.05) is 27.4 Å². The van der Waals surface area contributed by atoms with Crippen LogP contribution in [0.5, 0.6) is 0 Å². The van der Waals surface area contributed by atoms with Crippen LogP contribution in [0, 0.1) is 0 Å². The first-order valence-electron chi connectivity index (χ1n) is 15.4. The van der Waals surface area contributed by atoms with Crippen molar-refractivity contribution in [2.75, 3.05) is 19.5 Å². The van der Waals surface area contributed by atoms with E-state index in [-0.39, 0.29) is 14.6 Å². The lowest BCUT2D eigenvalue weighted by Gasteiger charge is -2.32. The number of nitrogens with two attached hydrogens (primary N) is 1. The molecule has 0 aliphatic heterocycles. The molecule has 4 atom stereocenters. The fourth-order valence-corrected chi connectivity index (χ4v) is 8.74. The second-order valence-corrected chi connectivity index (χ2v) is 14.6. The van der Waals surface area contributed by atoms with E-state index >= 15 is 0 Å². The number of carbonyl (C=O) groups is 2. The molecule has 10 nitrogen and oxygen atoms in total. The number of nitrogens with zero attached hydrogens (tertiary/aromatic N) is 1. The minimum atomic E-state index is -5.00. The van der Waals surface area contributed by atoms with Gasteiger partial charge in [-0.1, -0.05) is 48.6 Å². The van der Waals surface area contributed by atoms with Crippen molar-refractivity contribution in [1.82, 2.24) is 14.9 Å². The first-order valence-corrected chi connectivity index (χ1v) is 17.7. The highest BCUT2D eigenvalue weighted by Crippen LogP contribution is 2.41. The number of benzene rings is 2. The van der Waals surface area contributed by atoms with E-state index in [1.54, 1.807) is 50.3 Å². The van der Waals surface area contributed by atoms with Crippen LogP contribution in [0.4, 0.5) is 23.7 Å². The number of aliphatic hydroxyl groups excluding tert-OH is 1. The predicted octanol–water partition coefficient (Wildman–Crippen LogP) is 5.97. The Morgan fingerprint density at radius 2 is 1.65 bits per heavy atom. The molecular formula is C34H39F3N4O6S2. The summed E-state index contributed by atoms with van der Waals surface area (Å²) < 4.78 is 77.4. The number of rotatable bonds is 13. The summed E-state index contributed by atoms with van der Waals surface area (Å²) in [7, 11) is -3.16. The highest BCUT2D eigenvalue weighted by atomic mass is 32.2. The van der Waals surface area contributed by atoms with Crippen molar-refractivity contribution in [2.24, 2.45) is 0 Å². The summed E-state index contributed by atoms with van der Waals surface area (Å²) in [6.45, 7) is 2.43. The SMILES string of the molecule is COC(=O)N[C@H](C(=O)N[C@H](c1ccc([C@@H](CO)N(C(C)C)S(=O)(=O)c2ccc(N)cc2)s1)C(F)(F)F)C(C1=CCCC=C1)c1ccccc1. The number of methoxy groups -OCH3 is 1. The fraction of sp³-hybridized carbons (Fsp3) is 0.353. The van der Waals surface area contributed by atoms with Crippen molar-refractivity contribution in [2.45, 2.75) is 67.8 Å². The summed E-state index contributed by atoms with van der Waals surface area (Å²) in [4.78, 5) is 26.1. The Morgan fingerprint density at radius 3 is 2.20 bits per heavy atom. The molecule has 0 radical (unpaired) electrons. The Bertz CT molecular complexity index is 1760. The van der Waals surface area contributed by atoms with Crippen molar-refractivity contribution < 1.29 is 41.0 Å². The van der Waals surface area contributed by atoms with Crippen molar-refractivity contribution in [1.29, 1.82) is 0 Å². The number of anilines is 1. The van der Waals surface area contributed by atoms with E-state index < -0.39 is 64.9 Å². The van der Waals surface area contributed by atoms with Crippen LogP contribution in [0.15, 0.2) is 95.4 Å². The van der Waals surface area contributed by atoms with E-state index in [1.165, 1.54) is 30.3 Å². The van der Waals surface area contributed by atoms with Crippen molar-refractivity contribution in [3.63, 3.8) is 0 Å². The summed E-state index contributed by atoms with van der Waals surface area (Å²) >= 11 is 0.610. The number of hydrogen-bond donors (Lipinski definition) is 4. The lowest BCUT2D eigenvalue weighted by atomic mass is 9.82. The van der Waals surface area contributed by atoms with Gasteiger partial charge in [0.25, 0.3) is 0 Å². The molecule has 4 rings (SSSR count). The molecule has 5 N–H and O–H groups in total. The maximum Gasteiger partial charge on any atom is 0.413 e. The maximum absolute atomic E-state index is 14.8. The molecule has 49 heavy (non-hydrogen) atoms. The quantitative estimate of drug-likeness (QED) is 0.159. The summed E-state index contributed by atoms with van der Waals surface area (Å²) in [6, 6.07) is 10.5. The minimum absolute atomic E-state index is 0.105. The number of ether oxygens (including phenoxy) is 1. The average Bonchev–Trinajstić information content (AvgIpc) is 3.55. The first-order chi connectivity index (χ1) is 23.2. The molecule has 0 saturated carbocycles. The zero-order valence-electron chi connectivity index (χ0n) is 27.1. The van der Waals surface area contributed by atoms with Gasteiger partial charge in [0.2, 0.25) is 15.9 Å². The summed E-state index contributed by atoms with van der Waals surface area (Å²) in [5.41, 5.74) is 7.27. The molecule has 2 aromatic carbocycles. The second-order valence-electron chi connectivity index (χ2n) is 11.6. The molecular weight excluding hydrogens is 682 g/mol. The Hall–Kier alpha value is -4.18. The largest absolute Gasteiger partial charge is 0.453 e. The normalized spacial score (nSPS) is 16.1. The Morgan fingerprint density at radius 1 is 1.00 bits per heavy atom. The first kappa shape index (κ1) is 37.6. The number of nitrogens with one attached hydrogen (secondary N) is 2. The number of aliphatic hydroxyl groups is 1. The van der Waals surface area contributed by atoms with Gasteiger partial charge >= 0.3 is 12.3 Å². The fourth-order valence-electron chi connectivity index (χ4n) is 5.70. The standard InChI is InChI=1S/C34H39F3N4O6S2/c1-21(2)41(49(45,46)25-16-14-24(38)15-17-25)26(20-42)27-18-19-28(48-27)31(34(35,36)37)40-32(43)30(39-33(44)47-3)29(22-10-6-4-7-11-22)23-12-8-5-9-13-23/h4,6-8,10-19,21,26,29-31,42H,5,9,20,38H2,1-3H3,(H,39,44)(H,40,43)/t26-,29?,30+,31-/m1/s1. The Labute approximate surface area is 287 Å². The number of amides is 2. The van der Waals surface area contributed by atoms with E-state index in [2.05, 4.69) is 10.6 Å². The van der Waals surface area contributed by atoms with E-state index in [0.717, 1.165) is 23.9 Å². The van der Waals surface area contributed by atoms with Gasteiger partial charge < -0.3 is 26.2 Å². The number of sulfonamides is 1. The predicted molar refractivity (Wildman–Crippen MR) is 181 cm³/mol. The monoisotopic (exact) mass is 720 g/mol. The molecule has 0 saturated heterocycles. The van der Waals surface area contributed by atoms with Gasteiger partial charge in [0.05, 0.1) is 24.7 Å². The number of hydrogen-bond acceptors (Lipinski definition) is 8. The van der Waals surface area contributed by atoms with Crippen LogP contribution in [0.2, 0.25) is 0 Å². The zero-order valence-corrected chi connectivity index (χ0v) is 28.7. The second kappa shape index (κ2) is 16.0. The number of allylic oxidation sites excluding steroid dienone is 3. The van der Waals surface area contributed by atoms with Gasteiger partial charge in [0.1, 0.15) is 6.04 Å². The highest BCUT2D eigenvalue weighted by Gasteiger charge is 2.46. The van der Waals surface area contributed by atoms with Crippen LogP contribution in [-0.4, -0.2) is 61.8 Å². The number of nitrogen functional groups attached to an aromatic ring is 1. The van der Waals surface area contributed by atoms with Gasteiger partial charge in [-0.3, -0.25) is 4.79 Å². The van der Waals surface area contributed by atoms with E-state index in [1.807, 2.05) is 12.2 Å². The smallest absolute Gasteiger partial charge is 0.413 e. The number of halogens is 3. The van der Waals surface area contributed by atoms with Crippen LogP contribution in [0.25, 0.3) is 0 Å². The molecule has 1 aliphatic carbocycles. The summed E-state index contributed by atoms with van der Waals surface area (Å²) in [6.07, 6.45) is 0.910. The number of alkyl carbamates (subject to hydrolysis) is 1. The van der Waals surface area contributed by atoms with Crippen LogP contribution in [0.1, 0.15) is 60.0 Å². The summed E-state index contributed by atoms with van der Waals surface area (Å²) in [5.74, 6) is -1.98. The average molecular weight is 721 g/mol. The molecule has 0 spiro atoms.